The molecule has 0 saturated carbocycles. The van der Waals surface area contributed by atoms with E-state index in [9.17, 15) is 4.79 Å². The predicted octanol–water partition coefficient (Wildman–Crippen LogP) is 3.82. The average molecular weight is 267 g/mol. The second kappa shape index (κ2) is 4.37. The summed E-state index contributed by atoms with van der Waals surface area (Å²) in [7, 11) is 0. The highest BCUT2D eigenvalue weighted by Gasteiger charge is 2.10. The summed E-state index contributed by atoms with van der Waals surface area (Å²) in [5.74, 6) is 0. The Labute approximate surface area is 117 Å². The van der Waals surface area contributed by atoms with Gasteiger partial charge in [-0.2, -0.15) is 0 Å². The highest BCUT2D eigenvalue weighted by molar-refractivity contribution is 5.82. The van der Waals surface area contributed by atoms with Crippen LogP contribution in [0.15, 0.2) is 39.5 Å². The minimum absolute atomic E-state index is 0.256. The van der Waals surface area contributed by atoms with Crippen molar-refractivity contribution in [3.05, 3.63) is 63.3 Å². The van der Waals surface area contributed by atoms with Gasteiger partial charge < -0.3 is 8.98 Å². The van der Waals surface area contributed by atoms with Crippen LogP contribution in [0.2, 0.25) is 0 Å². The zero-order valence-corrected chi connectivity index (χ0v) is 12.2. The van der Waals surface area contributed by atoms with Crippen LogP contribution < -0.4 is 5.63 Å². The summed E-state index contributed by atoms with van der Waals surface area (Å²) in [5.41, 5.74) is 5.39. The third-order valence-corrected chi connectivity index (χ3v) is 3.97. The van der Waals surface area contributed by atoms with E-state index in [-0.39, 0.29) is 5.63 Å². The number of hydrogen-bond donors (Lipinski definition) is 0. The van der Waals surface area contributed by atoms with Crippen LogP contribution in [0.25, 0.3) is 16.7 Å². The molecule has 20 heavy (non-hydrogen) atoms. The molecule has 3 nitrogen and oxygen atoms in total. The first-order chi connectivity index (χ1) is 9.49. The first kappa shape index (κ1) is 12.7. The van der Waals surface area contributed by atoms with Crippen molar-refractivity contribution < 1.29 is 4.42 Å². The van der Waals surface area contributed by atoms with Crippen LogP contribution in [0.5, 0.6) is 0 Å². The number of aryl methyl sites for hydroxylation is 3. The van der Waals surface area contributed by atoms with Crippen LogP contribution in [0, 0.1) is 27.7 Å². The quantitative estimate of drug-likeness (QED) is 0.628. The Morgan fingerprint density at radius 1 is 0.900 bits per heavy atom. The summed E-state index contributed by atoms with van der Waals surface area (Å²) in [6.45, 7) is 7.89. The molecule has 0 radical (unpaired) electrons. The third-order valence-electron chi connectivity index (χ3n) is 3.97. The maximum Gasteiger partial charge on any atom is 0.339 e. The first-order valence-electron chi connectivity index (χ1n) is 6.68. The van der Waals surface area contributed by atoms with Gasteiger partial charge in [-0.1, -0.05) is 0 Å². The van der Waals surface area contributed by atoms with E-state index in [1.165, 1.54) is 0 Å². The Morgan fingerprint density at radius 3 is 2.20 bits per heavy atom. The Balaban J connectivity index is 2.32. The second-order valence-electron chi connectivity index (χ2n) is 5.27. The molecule has 2 aromatic heterocycles. The molecule has 0 amide bonds. The van der Waals surface area contributed by atoms with Crippen LogP contribution >= 0.6 is 0 Å². The van der Waals surface area contributed by atoms with Crippen LogP contribution in [0.1, 0.15) is 22.5 Å². The molecule has 102 valence electrons. The molecule has 2 heterocycles. The Bertz CT molecular complexity index is 849. The Kier molecular flexibility index (Phi) is 2.78. The zero-order valence-electron chi connectivity index (χ0n) is 12.2. The van der Waals surface area contributed by atoms with Gasteiger partial charge in [-0.15, -0.1) is 0 Å². The maximum atomic E-state index is 11.8. The van der Waals surface area contributed by atoms with Gasteiger partial charge in [-0.05, 0) is 57.5 Å². The fraction of sp³-hybridized carbons (Fsp3) is 0.235. The second-order valence-corrected chi connectivity index (χ2v) is 5.27. The lowest BCUT2D eigenvalue weighted by atomic mass is 10.1. The molecule has 3 aromatic rings. The van der Waals surface area contributed by atoms with E-state index in [0.29, 0.717) is 11.1 Å². The number of fused-ring (bicyclic) bond motifs is 1. The minimum Gasteiger partial charge on any atom is -0.422 e. The molecule has 1 aromatic carbocycles. The maximum absolute atomic E-state index is 11.8. The third kappa shape index (κ3) is 1.78. The fourth-order valence-electron chi connectivity index (χ4n) is 2.65. The first-order valence-corrected chi connectivity index (χ1v) is 6.68. The number of hydrogen-bond acceptors (Lipinski definition) is 2. The molecular weight excluding hydrogens is 250 g/mol. The van der Waals surface area contributed by atoms with Crippen molar-refractivity contribution in [2.45, 2.75) is 27.7 Å². The molecule has 0 unspecified atom stereocenters. The molecule has 3 heteroatoms. The Morgan fingerprint density at radius 2 is 1.55 bits per heavy atom. The SMILES string of the molecule is Cc1c(C)c2ccc(-n3c(C)ccc3C)cc2oc1=O. The topological polar surface area (TPSA) is 35.1 Å². The monoisotopic (exact) mass is 267 g/mol. The highest BCUT2D eigenvalue weighted by Crippen LogP contribution is 2.24. The van der Waals surface area contributed by atoms with Gasteiger partial charge in [-0.25, -0.2) is 4.79 Å². The standard InChI is InChI=1S/C17H17NO2/c1-10-5-6-11(2)18(10)14-7-8-15-12(3)13(4)17(19)20-16(15)9-14/h5-9H,1-4H3. The minimum atomic E-state index is -0.256. The molecule has 0 aliphatic heterocycles. The van der Waals surface area contributed by atoms with Crippen molar-refractivity contribution in [1.29, 1.82) is 0 Å². The van der Waals surface area contributed by atoms with Crippen molar-refractivity contribution in [3.63, 3.8) is 0 Å². The summed E-state index contributed by atoms with van der Waals surface area (Å²) in [4.78, 5) is 11.8. The number of aromatic nitrogens is 1. The van der Waals surface area contributed by atoms with Crippen molar-refractivity contribution in [2.75, 3.05) is 0 Å². The molecule has 0 atom stereocenters. The molecule has 0 N–H and O–H groups in total. The van der Waals surface area contributed by atoms with E-state index in [1.807, 2.05) is 19.1 Å². The molecule has 0 saturated heterocycles. The summed E-state index contributed by atoms with van der Waals surface area (Å²) in [5, 5.41) is 0.994. The lowest BCUT2D eigenvalue weighted by molar-refractivity contribution is 0.553. The van der Waals surface area contributed by atoms with E-state index >= 15 is 0 Å². The molecule has 0 aliphatic rings. The number of nitrogens with zero attached hydrogens (tertiary/aromatic N) is 1. The largest absolute Gasteiger partial charge is 0.422 e. The van der Waals surface area contributed by atoms with Gasteiger partial charge in [0.2, 0.25) is 0 Å². The van der Waals surface area contributed by atoms with Crippen molar-refractivity contribution >= 4 is 11.0 Å². The van der Waals surface area contributed by atoms with Crippen molar-refractivity contribution in [1.82, 2.24) is 4.57 Å². The van der Waals surface area contributed by atoms with E-state index < -0.39 is 0 Å². The van der Waals surface area contributed by atoms with E-state index in [4.69, 9.17) is 4.42 Å². The van der Waals surface area contributed by atoms with E-state index in [2.05, 4.69) is 36.6 Å². The lowest BCUT2D eigenvalue weighted by Gasteiger charge is -2.11. The van der Waals surface area contributed by atoms with Crippen molar-refractivity contribution in [3.8, 4) is 5.69 Å². The van der Waals surface area contributed by atoms with Crippen LogP contribution in [-0.2, 0) is 0 Å². The summed E-state index contributed by atoms with van der Waals surface area (Å²) >= 11 is 0. The van der Waals surface area contributed by atoms with Gasteiger partial charge >= 0.3 is 5.63 Å². The fourth-order valence-corrected chi connectivity index (χ4v) is 2.65. The summed E-state index contributed by atoms with van der Waals surface area (Å²) < 4.78 is 7.57. The summed E-state index contributed by atoms with van der Waals surface area (Å²) in [6, 6.07) is 10.2. The lowest BCUT2D eigenvalue weighted by Crippen LogP contribution is -2.06. The van der Waals surface area contributed by atoms with Gasteiger partial charge in [0.15, 0.2) is 0 Å². The molecule has 3 rings (SSSR count). The number of rotatable bonds is 1. The van der Waals surface area contributed by atoms with Crippen molar-refractivity contribution in [2.24, 2.45) is 0 Å². The molecular formula is C17H17NO2. The molecule has 0 spiro atoms. The van der Waals surface area contributed by atoms with Gasteiger partial charge in [0.05, 0.1) is 0 Å². The van der Waals surface area contributed by atoms with Gasteiger partial charge in [0.1, 0.15) is 5.58 Å². The van der Waals surface area contributed by atoms with Gasteiger partial charge in [-0.3, -0.25) is 0 Å². The van der Waals surface area contributed by atoms with Gasteiger partial charge in [0.25, 0.3) is 0 Å². The Hall–Kier alpha value is -2.29. The molecule has 0 aliphatic carbocycles. The average Bonchev–Trinajstić information content (AvgIpc) is 2.75. The zero-order chi connectivity index (χ0) is 14.4. The van der Waals surface area contributed by atoms with Crippen LogP contribution in [0.3, 0.4) is 0 Å². The molecule has 0 fully saturated rings. The van der Waals surface area contributed by atoms with Crippen LogP contribution in [0.4, 0.5) is 0 Å². The predicted molar refractivity (Wildman–Crippen MR) is 80.8 cm³/mol. The number of benzene rings is 1. The summed E-state index contributed by atoms with van der Waals surface area (Å²) in [6.07, 6.45) is 0. The van der Waals surface area contributed by atoms with E-state index in [1.54, 1.807) is 6.92 Å². The molecule has 0 bridgehead atoms. The van der Waals surface area contributed by atoms with Gasteiger partial charge in [0, 0.05) is 34.1 Å². The normalized spacial score (nSPS) is 11.2. The van der Waals surface area contributed by atoms with E-state index in [0.717, 1.165) is 28.0 Å². The van der Waals surface area contributed by atoms with Crippen LogP contribution in [-0.4, -0.2) is 4.57 Å². The highest BCUT2D eigenvalue weighted by atomic mass is 16.4. The smallest absolute Gasteiger partial charge is 0.339 e.